The fourth-order valence-electron chi connectivity index (χ4n) is 3.13. The molecule has 0 unspecified atom stereocenters. The van der Waals surface area contributed by atoms with Crippen LogP contribution in [0.25, 0.3) is 17.1 Å². The SMILES string of the molecule is Cc1ccc(-c2nc(=N[C@H](NC(=O)OCc3ccccc3)C(Cl)(Cl)Cl)sn2-c2ccccc2)cc1. The van der Waals surface area contributed by atoms with Crippen molar-refractivity contribution in [1.29, 1.82) is 0 Å². The summed E-state index contributed by atoms with van der Waals surface area (Å²) >= 11 is 19.7. The fourth-order valence-corrected chi connectivity index (χ4v) is 4.34. The van der Waals surface area contributed by atoms with Gasteiger partial charge in [-0.25, -0.2) is 13.7 Å². The number of halogens is 3. The molecular formula is C25H21Cl3N4O2S. The summed E-state index contributed by atoms with van der Waals surface area (Å²) in [7, 11) is 0. The van der Waals surface area contributed by atoms with Crippen LogP contribution < -0.4 is 10.1 Å². The maximum atomic E-state index is 12.4. The second-order valence-electron chi connectivity index (χ2n) is 7.58. The van der Waals surface area contributed by atoms with Crippen LogP contribution >= 0.6 is 46.3 Å². The molecule has 3 aromatic carbocycles. The Kier molecular flexibility index (Phi) is 8.13. The molecule has 0 spiro atoms. The van der Waals surface area contributed by atoms with Crippen molar-refractivity contribution in [3.8, 4) is 17.1 Å². The molecule has 1 atom stereocenters. The van der Waals surface area contributed by atoms with Crippen molar-refractivity contribution in [2.24, 2.45) is 4.99 Å². The number of hydrogen-bond donors (Lipinski definition) is 1. The van der Waals surface area contributed by atoms with Crippen molar-refractivity contribution in [2.75, 3.05) is 0 Å². The number of nitrogens with zero attached hydrogens (tertiary/aromatic N) is 3. The van der Waals surface area contributed by atoms with Crippen molar-refractivity contribution in [3.05, 3.63) is 101 Å². The largest absolute Gasteiger partial charge is 0.445 e. The molecule has 180 valence electrons. The zero-order chi connectivity index (χ0) is 24.8. The van der Waals surface area contributed by atoms with Gasteiger partial charge in [-0.1, -0.05) is 113 Å². The van der Waals surface area contributed by atoms with E-state index in [1.807, 2.05) is 95.8 Å². The van der Waals surface area contributed by atoms with Gasteiger partial charge in [0.15, 0.2) is 12.0 Å². The number of nitrogens with one attached hydrogen (secondary N) is 1. The van der Waals surface area contributed by atoms with Gasteiger partial charge in [-0.3, -0.25) is 5.32 Å². The maximum Gasteiger partial charge on any atom is 0.409 e. The number of benzene rings is 3. The minimum atomic E-state index is -1.93. The third-order valence-electron chi connectivity index (χ3n) is 4.88. The number of ether oxygens (including phenoxy) is 1. The first-order valence-corrected chi connectivity index (χ1v) is 12.5. The van der Waals surface area contributed by atoms with Gasteiger partial charge in [0.1, 0.15) is 6.61 Å². The number of amides is 1. The summed E-state index contributed by atoms with van der Waals surface area (Å²) in [5.74, 6) is 0.676. The number of rotatable bonds is 6. The Morgan fingerprint density at radius 2 is 1.66 bits per heavy atom. The highest BCUT2D eigenvalue weighted by Crippen LogP contribution is 2.31. The van der Waals surface area contributed by atoms with E-state index in [1.165, 1.54) is 11.5 Å². The third kappa shape index (κ3) is 6.86. The average Bonchev–Trinajstić information content (AvgIpc) is 3.27. The molecule has 1 aromatic heterocycles. The van der Waals surface area contributed by atoms with Gasteiger partial charge in [0, 0.05) is 5.56 Å². The Hall–Kier alpha value is -2.84. The van der Waals surface area contributed by atoms with Crippen LogP contribution in [0, 0.1) is 6.92 Å². The quantitative estimate of drug-likeness (QED) is 0.283. The molecule has 0 saturated heterocycles. The third-order valence-corrected chi connectivity index (χ3v) is 6.43. The van der Waals surface area contributed by atoms with E-state index in [0.717, 1.165) is 22.4 Å². The Balaban J connectivity index is 1.65. The minimum absolute atomic E-state index is 0.0715. The summed E-state index contributed by atoms with van der Waals surface area (Å²) in [4.78, 5) is 21.9. The highest BCUT2D eigenvalue weighted by Gasteiger charge is 2.34. The smallest absolute Gasteiger partial charge is 0.409 e. The topological polar surface area (TPSA) is 68.5 Å². The predicted octanol–water partition coefficient (Wildman–Crippen LogP) is 6.43. The second kappa shape index (κ2) is 11.3. The molecule has 1 amide bonds. The van der Waals surface area contributed by atoms with Crippen molar-refractivity contribution >= 4 is 52.4 Å². The molecule has 0 radical (unpaired) electrons. The van der Waals surface area contributed by atoms with Gasteiger partial charge in [-0.15, -0.1) is 0 Å². The van der Waals surface area contributed by atoms with E-state index < -0.39 is 16.1 Å². The molecule has 0 bridgehead atoms. The minimum Gasteiger partial charge on any atom is -0.445 e. The van der Waals surface area contributed by atoms with Gasteiger partial charge >= 0.3 is 6.09 Å². The lowest BCUT2D eigenvalue weighted by Gasteiger charge is -2.20. The lowest BCUT2D eigenvalue weighted by molar-refractivity contribution is 0.136. The summed E-state index contributed by atoms with van der Waals surface area (Å²) in [6.07, 6.45) is -1.99. The number of alkyl carbamates (subject to hydrolysis) is 1. The van der Waals surface area contributed by atoms with Crippen LogP contribution in [0.5, 0.6) is 0 Å². The van der Waals surface area contributed by atoms with Gasteiger partial charge in [0.05, 0.1) is 5.69 Å². The molecule has 1 heterocycles. The molecule has 1 N–H and O–H groups in total. The van der Waals surface area contributed by atoms with Crippen molar-refractivity contribution in [3.63, 3.8) is 0 Å². The van der Waals surface area contributed by atoms with E-state index in [1.54, 1.807) is 0 Å². The predicted molar refractivity (Wildman–Crippen MR) is 141 cm³/mol. The summed E-state index contributed by atoms with van der Waals surface area (Å²) in [5.41, 5.74) is 3.77. The average molecular weight is 548 g/mol. The monoisotopic (exact) mass is 546 g/mol. The number of para-hydroxylation sites is 1. The number of hydrogen-bond acceptors (Lipinski definition) is 5. The zero-order valence-electron chi connectivity index (χ0n) is 18.6. The van der Waals surface area contributed by atoms with E-state index in [4.69, 9.17) is 39.5 Å². The molecule has 0 aliphatic rings. The van der Waals surface area contributed by atoms with Crippen LogP contribution in [-0.2, 0) is 11.3 Å². The molecule has 35 heavy (non-hydrogen) atoms. The molecule has 4 rings (SSSR count). The summed E-state index contributed by atoms with van der Waals surface area (Å²) < 4.78 is 5.27. The zero-order valence-corrected chi connectivity index (χ0v) is 21.7. The number of alkyl halides is 3. The van der Waals surface area contributed by atoms with Gasteiger partial charge in [0.25, 0.3) is 0 Å². The number of aryl methyl sites for hydroxylation is 1. The summed E-state index contributed by atoms with van der Waals surface area (Å²) in [6, 6.07) is 27.0. The Bertz CT molecular complexity index is 1340. The molecule has 0 aliphatic carbocycles. The molecule has 0 aliphatic heterocycles. The number of aromatic nitrogens is 2. The molecule has 0 fully saturated rings. The molecular weight excluding hydrogens is 527 g/mol. The standard InChI is InChI=1S/C25H21Cl3N4O2S/c1-17-12-14-19(15-13-17)21-29-23(35-32(21)20-10-6-3-7-11-20)30-22(25(26,27)28)31-24(33)34-16-18-8-4-2-5-9-18/h2-15,22H,16H2,1H3,(H,31,33)/t22-/m1/s1. The van der Waals surface area contributed by atoms with Gasteiger partial charge in [-0.05, 0) is 36.2 Å². The Labute approximate surface area is 221 Å². The lowest BCUT2D eigenvalue weighted by atomic mass is 10.1. The van der Waals surface area contributed by atoms with Crippen LogP contribution in [0.3, 0.4) is 0 Å². The molecule has 4 aromatic rings. The Morgan fingerprint density at radius 3 is 2.29 bits per heavy atom. The first-order valence-electron chi connectivity index (χ1n) is 10.6. The van der Waals surface area contributed by atoms with Crippen LogP contribution in [0.2, 0.25) is 0 Å². The van der Waals surface area contributed by atoms with Gasteiger partial charge < -0.3 is 4.74 Å². The van der Waals surface area contributed by atoms with Crippen molar-refractivity contribution < 1.29 is 9.53 Å². The Morgan fingerprint density at radius 1 is 1.03 bits per heavy atom. The van der Waals surface area contributed by atoms with Gasteiger partial charge in [0.2, 0.25) is 8.59 Å². The van der Waals surface area contributed by atoms with Crippen LogP contribution in [0.15, 0.2) is 89.9 Å². The van der Waals surface area contributed by atoms with Crippen LogP contribution in [0.4, 0.5) is 4.79 Å². The van der Waals surface area contributed by atoms with E-state index in [9.17, 15) is 4.79 Å². The van der Waals surface area contributed by atoms with Gasteiger partial charge in [-0.2, -0.15) is 4.98 Å². The van der Waals surface area contributed by atoms with E-state index in [0.29, 0.717) is 10.6 Å². The first-order chi connectivity index (χ1) is 16.8. The maximum absolute atomic E-state index is 12.4. The lowest BCUT2D eigenvalue weighted by Crippen LogP contribution is -2.43. The van der Waals surface area contributed by atoms with E-state index >= 15 is 0 Å². The number of carbonyl (C=O) groups is 1. The molecule has 0 saturated carbocycles. The van der Waals surface area contributed by atoms with Crippen LogP contribution in [0.1, 0.15) is 11.1 Å². The highest BCUT2D eigenvalue weighted by atomic mass is 35.6. The van der Waals surface area contributed by atoms with Crippen molar-refractivity contribution in [1.82, 2.24) is 14.3 Å². The van der Waals surface area contributed by atoms with Crippen LogP contribution in [-0.4, -0.2) is 25.0 Å². The summed E-state index contributed by atoms with van der Waals surface area (Å²) in [5, 5.41) is 2.53. The molecule has 10 heteroatoms. The first kappa shape index (κ1) is 25.3. The van der Waals surface area contributed by atoms with E-state index in [-0.39, 0.29) is 6.61 Å². The highest BCUT2D eigenvalue weighted by molar-refractivity contribution is 7.04. The normalized spacial score (nSPS) is 12.9. The number of carbonyl (C=O) groups excluding carboxylic acids is 1. The fraction of sp³-hybridized carbons (Fsp3) is 0.160. The second-order valence-corrected chi connectivity index (χ2v) is 10.9. The summed E-state index contributed by atoms with van der Waals surface area (Å²) in [6.45, 7) is 2.09. The van der Waals surface area contributed by atoms with Crippen molar-refractivity contribution in [2.45, 2.75) is 23.5 Å². The van der Waals surface area contributed by atoms with E-state index in [2.05, 4.69) is 15.3 Å². The molecule has 6 nitrogen and oxygen atoms in total.